The minimum atomic E-state index is -2.25. The molecule has 1 aliphatic heterocycles. The number of halogens is 1. The second-order valence-corrected chi connectivity index (χ2v) is 4.32. The number of nitrogens with zero attached hydrogens (tertiary/aromatic N) is 1. The zero-order valence-corrected chi connectivity index (χ0v) is 9.54. The van der Waals surface area contributed by atoms with E-state index in [0.29, 0.717) is 0 Å². The van der Waals surface area contributed by atoms with E-state index in [4.69, 9.17) is 9.84 Å². The van der Waals surface area contributed by atoms with Crippen LogP contribution in [0.1, 0.15) is 13.2 Å². The van der Waals surface area contributed by atoms with Crippen LogP contribution in [0.3, 0.4) is 0 Å². The molecule has 8 heteroatoms. The minimum Gasteiger partial charge on any atom is -0.394 e. The molecule has 1 saturated heterocycles. The molecule has 18 heavy (non-hydrogen) atoms. The molecule has 1 aliphatic rings. The van der Waals surface area contributed by atoms with Gasteiger partial charge in [-0.3, -0.25) is 14.3 Å². The van der Waals surface area contributed by atoms with Crippen molar-refractivity contribution in [2.75, 3.05) is 6.61 Å². The lowest BCUT2D eigenvalue weighted by Crippen LogP contribution is -2.43. The summed E-state index contributed by atoms with van der Waals surface area (Å²) in [6, 6.07) is 1.04. The Morgan fingerprint density at radius 3 is 2.78 bits per heavy atom. The van der Waals surface area contributed by atoms with Crippen LogP contribution in [0.25, 0.3) is 0 Å². The van der Waals surface area contributed by atoms with Crippen molar-refractivity contribution in [1.29, 1.82) is 0 Å². The minimum absolute atomic E-state index is 0.574. The molecule has 2 heterocycles. The summed E-state index contributed by atoms with van der Waals surface area (Å²) in [5.74, 6) is 0. The highest BCUT2D eigenvalue weighted by Crippen LogP contribution is 2.40. The van der Waals surface area contributed by atoms with E-state index in [-0.39, 0.29) is 0 Å². The third-order valence-corrected chi connectivity index (χ3v) is 3.00. The molecule has 1 unspecified atom stereocenters. The van der Waals surface area contributed by atoms with Crippen LogP contribution < -0.4 is 11.2 Å². The number of H-pyrrole nitrogens is 1. The number of alkyl halides is 1. The standard InChI is InChI=1S/C10H13FN2O5/c1-10(11)7(16)5(4-14)18-8(10)13-3-2-6(15)12-9(13)17/h2-3,5,7-8,14,16H,4H2,1H3,(H,12,15,17)/t5-,7?,8-,10-/m1/s1. The first kappa shape index (κ1) is 12.9. The van der Waals surface area contributed by atoms with Gasteiger partial charge in [0, 0.05) is 12.3 Å². The summed E-state index contributed by atoms with van der Waals surface area (Å²) < 4.78 is 20.3. The summed E-state index contributed by atoms with van der Waals surface area (Å²) in [6.07, 6.45) is -3.01. The Labute approximate surface area is 100 Å². The van der Waals surface area contributed by atoms with E-state index in [0.717, 1.165) is 23.8 Å². The normalized spacial score (nSPS) is 35.9. The van der Waals surface area contributed by atoms with E-state index in [1.165, 1.54) is 0 Å². The van der Waals surface area contributed by atoms with E-state index in [1.807, 2.05) is 4.98 Å². The number of aliphatic hydroxyl groups excluding tert-OH is 2. The number of hydrogen-bond acceptors (Lipinski definition) is 5. The van der Waals surface area contributed by atoms with E-state index in [1.54, 1.807) is 0 Å². The van der Waals surface area contributed by atoms with Crippen LogP contribution >= 0.6 is 0 Å². The molecule has 100 valence electrons. The Kier molecular flexibility index (Phi) is 3.09. The molecule has 1 fully saturated rings. The number of nitrogens with one attached hydrogen (secondary N) is 1. The number of aromatic nitrogens is 2. The van der Waals surface area contributed by atoms with Crippen molar-refractivity contribution in [3.05, 3.63) is 33.1 Å². The highest BCUT2D eigenvalue weighted by Gasteiger charge is 2.54. The van der Waals surface area contributed by atoms with Crippen molar-refractivity contribution >= 4 is 0 Å². The lowest BCUT2D eigenvalue weighted by atomic mass is 9.98. The molecule has 0 saturated carbocycles. The number of rotatable bonds is 2. The molecule has 7 nitrogen and oxygen atoms in total. The Morgan fingerprint density at radius 1 is 1.61 bits per heavy atom. The summed E-state index contributed by atoms with van der Waals surface area (Å²) in [7, 11) is 0. The topological polar surface area (TPSA) is 105 Å². The van der Waals surface area contributed by atoms with Crippen molar-refractivity contribution in [2.45, 2.75) is 31.0 Å². The van der Waals surface area contributed by atoms with Crippen molar-refractivity contribution in [1.82, 2.24) is 9.55 Å². The first-order valence-electron chi connectivity index (χ1n) is 5.32. The Hall–Kier alpha value is -1.51. The molecule has 0 bridgehead atoms. The van der Waals surface area contributed by atoms with Gasteiger partial charge in [0.05, 0.1) is 6.61 Å². The molecule has 0 radical (unpaired) electrons. The summed E-state index contributed by atoms with van der Waals surface area (Å²) in [5, 5.41) is 18.6. The molecule has 3 N–H and O–H groups in total. The molecule has 1 aromatic heterocycles. The molecule has 1 aromatic rings. The number of hydrogen-bond donors (Lipinski definition) is 3. The SMILES string of the molecule is C[C@@]1(F)C(O)[C@@H](CO)O[C@H]1n1ccc(=O)[nH]c1=O. The maximum Gasteiger partial charge on any atom is 0.330 e. The van der Waals surface area contributed by atoms with Gasteiger partial charge in [-0.1, -0.05) is 0 Å². The highest BCUT2D eigenvalue weighted by atomic mass is 19.1. The van der Waals surface area contributed by atoms with Gasteiger partial charge in [-0.15, -0.1) is 0 Å². The Bertz CT molecular complexity index is 552. The van der Waals surface area contributed by atoms with Crippen molar-refractivity contribution in [2.24, 2.45) is 0 Å². The van der Waals surface area contributed by atoms with E-state index in [2.05, 4.69) is 0 Å². The Balaban J connectivity index is 2.45. The van der Waals surface area contributed by atoms with Gasteiger partial charge in [0.2, 0.25) is 0 Å². The summed E-state index contributed by atoms with van der Waals surface area (Å²) >= 11 is 0. The molecule has 0 aliphatic carbocycles. The van der Waals surface area contributed by atoms with Crippen molar-refractivity contribution in [3.8, 4) is 0 Å². The number of aliphatic hydroxyl groups is 2. The zero-order valence-electron chi connectivity index (χ0n) is 9.54. The molecule has 0 aromatic carbocycles. The lowest BCUT2D eigenvalue weighted by Gasteiger charge is -2.24. The summed E-state index contributed by atoms with van der Waals surface area (Å²) in [5.41, 5.74) is -3.72. The van der Waals surface area contributed by atoms with E-state index in [9.17, 15) is 19.1 Å². The molecule has 0 spiro atoms. The second kappa shape index (κ2) is 4.30. The fraction of sp³-hybridized carbons (Fsp3) is 0.600. The monoisotopic (exact) mass is 260 g/mol. The zero-order chi connectivity index (χ0) is 13.5. The second-order valence-electron chi connectivity index (χ2n) is 4.32. The quantitative estimate of drug-likeness (QED) is 0.601. The molecule has 4 atom stereocenters. The molecule has 0 amide bonds. The van der Waals surface area contributed by atoms with Crippen LogP contribution in [0, 0.1) is 0 Å². The van der Waals surface area contributed by atoms with Gasteiger partial charge in [0.1, 0.15) is 12.2 Å². The summed E-state index contributed by atoms with van der Waals surface area (Å²) in [4.78, 5) is 24.4. The van der Waals surface area contributed by atoms with Crippen LogP contribution in [0.2, 0.25) is 0 Å². The van der Waals surface area contributed by atoms with Gasteiger partial charge in [0.15, 0.2) is 11.9 Å². The maximum absolute atomic E-state index is 14.3. The lowest BCUT2D eigenvalue weighted by molar-refractivity contribution is -0.0611. The largest absolute Gasteiger partial charge is 0.394 e. The van der Waals surface area contributed by atoms with Gasteiger partial charge in [-0.2, -0.15) is 0 Å². The van der Waals surface area contributed by atoms with Crippen molar-refractivity contribution in [3.63, 3.8) is 0 Å². The van der Waals surface area contributed by atoms with Gasteiger partial charge in [-0.25, -0.2) is 9.18 Å². The first-order chi connectivity index (χ1) is 8.37. The van der Waals surface area contributed by atoms with Crippen LogP contribution in [0.5, 0.6) is 0 Å². The van der Waals surface area contributed by atoms with Crippen LogP contribution in [0.15, 0.2) is 21.9 Å². The van der Waals surface area contributed by atoms with Gasteiger partial charge < -0.3 is 14.9 Å². The van der Waals surface area contributed by atoms with Crippen LogP contribution in [0.4, 0.5) is 4.39 Å². The molecular formula is C10H13FN2O5. The predicted molar refractivity (Wildman–Crippen MR) is 57.8 cm³/mol. The van der Waals surface area contributed by atoms with Crippen molar-refractivity contribution < 1.29 is 19.3 Å². The van der Waals surface area contributed by atoms with Crippen LogP contribution in [-0.2, 0) is 4.74 Å². The molecule has 2 rings (SSSR count). The number of aromatic amines is 1. The first-order valence-corrected chi connectivity index (χ1v) is 5.32. The van der Waals surface area contributed by atoms with E-state index < -0.39 is 42.0 Å². The Morgan fingerprint density at radius 2 is 2.28 bits per heavy atom. The van der Waals surface area contributed by atoms with Crippen LogP contribution in [-0.4, -0.2) is 44.2 Å². The third kappa shape index (κ3) is 1.88. The number of ether oxygens (including phenoxy) is 1. The fourth-order valence-electron chi connectivity index (χ4n) is 1.97. The van der Waals surface area contributed by atoms with Gasteiger partial charge in [0.25, 0.3) is 5.56 Å². The van der Waals surface area contributed by atoms with Gasteiger partial charge >= 0.3 is 5.69 Å². The van der Waals surface area contributed by atoms with E-state index >= 15 is 0 Å². The smallest absolute Gasteiger partial charge is 0.330 e. The third-order valence-electron chi connectivity index (χ3n) is 3.00. The predicted octanol–water partition coefficient (Wildman–Crippen LogP) is -1.48. The average molecular weight is 260 g/mol. The highest BCUT2D eigenvalue weighted by molar-refractivity contribution is 5.01. The van der Waals surface area contributed by atoms with Gasteiger partial charge in [-0.05, 0) is 6.92 Å². The summed E-state index contributed by atoms with van der Waals surface area (Å²) in [6.45, 7) is 0.491. The molecular weight excluding hydrogens is 247 g/mol. The average Bonchev–Trinajstić information content (AvgIpc) is 2.52. The fourth-order valence-corrected chi connectivity index (χ4v) is 1.97. The maximum atomic E-state index is 14.3.